The van der Waals surface area contributed by atoms with E-state index in [0.29, 0.717) is 18.0 Å². The molecule has 1 N–H and O–H groups in total. The molecule has 3 aromatic carbocycles. The number of carbonyl (C=O) groups excluding carboxylic acids is 1. The van der Waals surface area contributed by atoms with E-state index in [1.54, 1.807) is 31.2 Å². The Bertz CT molecular complexity index is 1310. The van der Waals surface area contributed by atoms with Gasteiger partial charge in [0.25, 0.3) is 15.9 Å². The zero-order valence-corrected chi connectivity index (χ0v) is 17.9. The normalized spacial score (nSPS) is 13.5. The monoisotopic (exact) mass is 478 g/mol. The second-order valence-electron chi connectivity index (χ2n) is 6.95. The molecule has 4 rings (SSSR count). The number of anilines is 2. The number of nitrogens with zero attached hydrogens (tertiary/aromatic N) is 1. The maximum absolute atomic E-state index is 13.1. The summed E-state index contributed by atoms with van der Waals surface area (Å²) in [5.41, 5.74) is 0.829. The van der Waals surface area contributed by atoms with E-state index in [-0.39, 0.29) is 27.8 Å². The first kappa shape index (κ1) is 22.5. The minimum atomic E-state index is -4.89. The van der Waals surface area contributed by atoms with Gasteiger partial charge in [0.15, 0.2) is 5.75 Å². The number of ether oxygens (including phenoxy) is 2. The Kier molecular flexibility index (Phi) is 5.66. The summed E-state index contributed by atoms with van der Waals surface area (Å²) in [7, 11) is -4.15. The van der Waals surface area contributed by atoms with Crippen LogP contribution in [0.4, 0.5) is 24.5 Å². The largest absolute Gasteiger partial charge is 0.573 e. The number of nitrogens with one attached hydrogen (secondary N) is 1. The topological polar surface area (TPSA) is 84.9 Å². The number of halogens is 3. The minimum absolute atomic E-state index is 0.0864. The van der Waals surface area contributed by atoms with Gasteiger partial charge in [0.05, 0.1) is 16.1 Å². The van der Waals surface area contributed by atoms with Gasteiger partial charge in [-0.1, -0.05) is 12.1 Å². The Balaban J connectivity index is 1.62. The van der Waals surface area contributed by atoms with E-state index in [4.69, 9.17) is 4.74 Å². The molecule has 3 aromatic rings. The van der Waals surface area contributed by atoms with Crippen molar-refractivity contribution >= 4 is 27.3 Å². The highest BCUT2D eigenvalue weighted by Gasteiger charge is 2.31. The van der Waals surface area contributed by atoms with Gasteiger partial charge in [-0.3, -0.25) is 9.52 Å². The van der Waals surface area contributed by atoms with Crippen molar-refractivity contribution < 1.29 is 35.9 Å². The van der Waals surface area contributed by atoms with Gasteiger partial charge in [0.2, 0.25) is 0 Å². The Morgan fingerprint density at radius 1 is 1.00 bits per heavy atom. The summed E-state index contributed by atoms with van der Waals surface area (Å²) in [5, 5.41) is 0. The van der Waals surface area contributed by atoms with Crippen molar-refractivity contribution in [3.05, 3.63) is 72.3 Å². The molecule has 0 fully saturated rings. The molecule has 7 nitrogen and oxygen atoms in total. The minimum Gasteiger partial charge on any atom is -0.454 e. The predicted molar refractivity (Wildman–Crippen MR) is 114 cm³/mol. The molecule has 1 amide bonds. The molecule has 0 aromatic heterocycles. The van der Waals surface area contributed by atoms with E-state index in [0.717, 1.165) is 24.3 Å². The van der Waals surface area contributed by atoms with Crippen molar-refractivity contribution in [2.24, 2.45) is 0 Å². The van der Waals surface area contributed by atoms with Crippen molar-refractivity contribution in [2.45, 2.75) is 18.2 Å². The quantitative estimate of drug-likeness (QED) is 0.548. The first-order valence-corrected chi connectivity index (χ1v) is 11.2. The molecule has 0 atom stereocenters. The fourth-order valence-electron chi connectivity index (χ4n) is 3.34. The molecule has 1 aliphatic rings. The maximum atomic E-state index is 13.1. The van der Waals surface area contributed by atoms with Gasteiger partial charge in [0.1, 0.15) is 11.5 Å². The zero-order chi connectivity index (χ0) is 23.8. The van der Waals surface area contributed by atoms with Crippen LogP contribution in [0, 0.1) is 0 Å². The molecule has 0 unspecified atom stereocenters. The molecular weight excluding hydrogens is 461 g/mol. The van der Waals surface area contributed by atoms with Gasteiger partial charge in [-0.2, -0.15) is 0 Å². The van der Waals surface area contributed by atoms with Crippen molar-refractivity contribution in [3.63, 3.8) is 0 Å². The molecule has 0 spiro atoms. The lowest BCUT2D eigenvalue weighted by Gasteiger charge is -2.20. The Hall–Kier alpha value is -3.73. The SMILES string of the molecule is CCN1C(=O)c2cc(NS(=O)(=O)c3ccc(OC(F)(F)F)cc3)ccc2Oc2ccccc21. The smallest absolute Gasteiger partial charge is 0.454 e. The number of benzene rings is 3. The van der Waals surface area contributed by atoms with E-state index in [1.807, 2.05) is 0 Å². The molecule has 1 aliphatic heterocycles. The molecule has 0 saturated heterocycles. The highest BCUT2D eigenvalue weighted by Crippen LogP contribution is 2.39. The second kappa shape index (κ2) is 8.32. The van der Waals surface area contributed by atoms with Crippen LogP contribution in [-0.4, -0.2) is 27.2 Å². The van der Waals surface area contributed by atoms with Gasteiger partial charge in [-0.05, 0) is 61.5 Å². The fraction of sp³-hybridized carbons (Fsp3) is 0.136. The van der Waals surface area contributed by atoms with Crippen LogP contribution in [0.15, 0.2) is 71.6 Å². The number of para-hydroxylation sites is 2. The highest BCUT2D eigenvalue weighted by molar-refractivity contribution is 7.92. The molecule has 0 radical (unpaired) electrons. The van der Waals surface area contributed by atoms with Crippen LogP contribution < -0.4 is 19.1 Å². The fourth-order valence-corrected chi connectivity index (χ4v) is 4.39. The number of sulfonamides is 1. The molecular formula is C22H17F3N2O5S. The standard InChI is InChI=1S/C22H17F3N2O5S/c1-2-27-18-5-3-4-6-20(18)31-19-12-7-14(13-17(19)21(27)28)26-33(29,30)16-10-8-15(9-11-16)32-22(23,24)25/h3-13,26H,2H2,1H3. The van der Waals surface area contributed by atoms with E-state index in [2.05, 4.69) is 9.46 Å². The van der Waals surface area contributed by atoms with Crippen LogP contribution in [-0.2, 0) is 10.0 Å². The van der Waals surface area contributed by atoms with Crippen LogP contribution in [0.25, 0.3) is 0 Å². The van der Waals surface area contributed by atoms with Gasteiger partial charge < -0.3 is 14.4 Å². The molecule has 0 bridgehead atoms. The van der Waals surface area contributed by atoms with Gasteiger partial charge in [0, 0.05) is 12.2 Å². The number of alkyl halides is 3. The van der Waals surface area contributed by atoms with Gasteiger partial charge in [-0.25, -0.2) is 8.42 Å². The molecule has 0 aliphatic carbocycles. The number of hydrogen-bond acceptors (Lipinski definition) is 5. The summed E-state index contributed by atoms with van der Waals surface area (Å²) in [4.78, 5) is 14.4. The zero-order valence-electron chi connectivity index (χ0n) is 17.1. The predicted octanol–water partition coefficient (Wildman–Crippen LogP) is 5.16. The summed E-state index contributed by atoms with van der Waals surface area (Å²) >= 11 is 0. The second-order valence-corrected chi connectivity index (χ2v) is 8.64. The third kappa shape index (κ3) is 4.72. The molecule has 0 saturated carbocycles. The summed E-state index contributed by atoms with van der Waals surface area (Å²) in [5.74, 6) is -0.165. The summed E-state index contributed by atoms with van der Waals surface area (Å²) in [6, 6.07) is 15.0. The number of fused-ring (bicyclic) bond motifs is 2. The first-order chi connectivity index (χ1) is 15.6. The Morgan fingerprint density at radius 2 is 1.70 bits per heavy atom. The summed E-state index contributed by atoms with van der Waals surface area (Å²) in [6.07, 6.45) is -4.89. The van der Waals surface area contributed by atoms with E-state index < -0.39 is 22.1 Å². The van der Waals surface area contributed by atoms with Crippen molar-refractivity contribution in [3.8, 4) is 17.2 Å². The molecule has 172 valence electrons. The van der Waals surface area contributed by atoms with E-state index in [1.165, 1.54) is 23.1 Å². The number of hydrogen-bond donors (Lipinski definition) is 1. The third-order valence-electron chi connectivity index (χ3n) is 4.77. The number of carbonyl (C=O) groups is 1. The van der Waals surface area contributed by atoms with Gasteiger partial charge >= 0.3 is 6.36 Å². The van der Waals surface area contributed by atoms with Crippen LogP contribution >= 0.6 is 0 Å². The molecule has 33 heavy (non-hydrogen) atoms. The Morgan fingerprint density at radius 3 is 2.36 bits per heavy atom. The van der Waals surface area contributed by atoms with Crippen molar-refractivity contribution in [1.82, 2.24) is 0 Å². The van der Waals surface area contributed by atoms with Crippen molar-refractivity contribution in [2.75, 3.05) is 16.2 Å². The van der Waals surface area contributed by atoms with Crippen LogP contribution in [0.3, 0.4) is 0 Å². The summed E-state index contributed by atoms with van der Waals surface area (Å²) in [6.45, 7) is 2.17. The first-order valence-electron chi connectivity index (χ1n) is 9.69. The van der Waals surface area contributed by atoms with E-state index >= 15 is 0 Å². The van der Waals surface area contributed by atoms with Gasteiger partial charge in [-0.15, -0.1) is 13.2 Å². The lowest BCUT2D eigenvalue weighted by molar-refractivity contribution is -0.274. The summed E-state index contributed by atoms with van der Waals surface area (Å²) < 4.78 is 74.3. The lowest BCUT2D eigenvalue weighted by atomic mass is 10.1. The van der Waals surface area contributed by atoms with E-state index in [9.17, 15) is 26.4 Å². The molecule has 11 heteroatoms. The number of amides is 1. The Labute approximate surface area is 187 Å². The lowest BCUT2D eigenvalue weighted by Crippen LogP contribution is -2.29. The average molecular weight is 478 g/mol. The average Bonchev–Trinajstić information content (AvgIpc) is 2.86. The molecule has 1 heterocycles. The van der Waals surface area contributed by atoms with Crippen molar-refractivity contribution in [1.29, 1.82) is 0 Å². The maximum Gasteiger partial charge on any atom is 0.573 e. The number of rotatable bonds is 5. The third-order valence-corrected chi connectivity index (χ3v) is 6.16. The highest BCUT2D eigenvalue weighted by atomic mass is 32.2. The van der Waals surface area contributed by atoms with Crippen LogP contribution in [0.5, 0.6) is 17.2 Å². The van der Waals surface area contributed by atoms with Crippen LogP contribution in [0.2, 0.25) is 0 Å². The van der Waals surface area contributed by atoms with Crippen LogP contribution in [0.1, 0.15) is 17.3 Å².